The quantitative estimate of drug-likeness (QED) is 0.345. The number of nitrogens with one attached hydrogen (secondary N) is 4. The summed E-state index contributed by atoms with van der Waals surface area (Å²) in [4.78, 5) is 4.47. The van der Waals surface area contributed by atoms with Crippen LogP contribution in [0.3, 0.4) is 0 Å². The summed E-state index contributed by atoms with van der Waals surface area (Å²) in [5.74, 6) is 0.537. The van der Waals surface area contributed by atoms with Crippen LogP contribution in [0.25, 0.3) is 10.9 Å². The molecule has 2 unspecified atom stereocenters. The minimum Gasteiger partial charge on any atom is -0.381 e. The molecule has 11 heteroatoms. The Hall–Kier alpha value is -3.52. The van der Waals surface area contributed by atoms with Crippen LogP contribution in [0, 0.1) is 29.0 Å². The molecule has 3 aromatic rings. The molecule has 190 valence electrons. The summed E-state index contributed by atoms with van der Waals surface area (Å²) < 4.78 is 19.3. The lowest BCUT2D eigenvalue weighted by atomic mass is 9.69. The first kappa shape index (κ1) is 23.6. The van der Waals surface area contributed by atoms with Crippen LogP contribution in [0.1, 0.15) is 24.0 Å². The number of nitriles is 1. The standard InChI is InChI=1S/C27H24BClFN7O/c28-27(15-1-3-16(30)4-2-15,23-11-37(36-35-23)18-5-6-18)34-17-7-19-24(33-25-20-12-38-13-21(20)25)14(9-31)10-32-26(19)22(29)8-17/h1-4,7-8,10-11,18,20-21,25,34-36H,5-6,12-13H2,(H,32,33)/t20-,21+,25?,27?. The molecule has 38 heavy (non-hydrogen) atoms. The van der Waals surface area contributed by atoms with Gasteiger partial charge in [-0.1, -0.05) is 23.7 Å². The second-order valence-electron chi connectivity index (χ2n) is 10.4. The first-order chi connectivity index (χ1) is 18.4. The number of pyridine rings is 1. The van der Waals surface area contributed by atoms with Gasteiger partial charge in [-0.3, -0.25) is 9.99 Å². The molecule has 2 aliphatic heterocycles. The third-order valence-electron chi connectivity index (χ3n) is 7.90. The number of nitrogens with zero attached hydrogens (tertiary/aromatic N) is 3. The topological polar surface area (TPSA) is 97.3 Å². The minimum atomic E-state index is -1.25. The van der Waals surface area contributed by atoms with Gasteiger partial charge >= 0.3 is 0 Å². The van der Waals surface area contributed by atoms with Gasteiger partial charge < -0.3 is 20.8 Å². The number of aromatic nitrogens is 1. The number of halogens is 2. The molecule has 4 N–H and O–H groups in total. The second-order valence-corrected chi connectivity index (χ2v) is 10.8. The molecule has 8 nitrogen and oxygen atoms in total. The molecular weight excluding hydrogens is 504 g/mol. The molecule has 1 aromatic heterocycles. The Bertz CT molecular complexity index is 1500. The molecule has 2 aromatic carbocycles. The highest BCUT2D eigenvalue weighted by molar-refractivity contribution is 6.36. The SMILES string of the molecule is [B]C(Nc1cc(Cl)c2ncc(C#N)c(NC3[C@H]4COC[C@@H]34)c2c1)(C1=CN(C2CC2)NN1)c1ccc(F)cc1. The number of benzene rings is 2. The smallest absolute Gasteiger partial charge is 0.123 e. The van der Waals surface area contributed by atoms with E-state index in [-0.39, 0.29) is 11.9 Å². The van der Waals surface area contributed by atoms with E-state index in [1.54, 1.807) is 24.4 Å². The van der Waals surface area contributed by atoms with Gasteiger partial charge in [0.05, 0.1) is 46.1 Å². The average Bonchev–Trinajstić information content (AvgIpc) is 3.73. The Morgan fingerprint density at radius 2 is 1.97 bits per heavy atom. The highest BCUT2D eigenvalue weighted by Gasteiger charge is 2.54. The van der Waals surface area contributed by atoms with Crippen molar-refractivity contribution >= 4 is 41.7 Å². The lowest BCUT2D eigenvalue weighted by molar-refractivity contribution is 0.162. The predicted molar refractivity (Wildman–Crippen MR) is 143 cm³/mol. The van der Waals surface area contributed by atoms with Crippen molar-refractivity contribution in [3.63, 3.8) is 0 Å². The number of hydrazine groups is 2. The third kappa shape index (κ3) is 3.93. The number of ether oxygens (including phenoxy) is 1. The maximum absolute atomic E-state index is 13.8. The van der Waals surface area contributed by atoms with E-state index in [0.29, 0.717) is 56.6 Å². The van der Waals surface area contributed by atoms with E-state index < -0.39 is 5.44 Å². The fourth-order valence-corrected chi connectivity index (χ4v) is 5.77. The maximum atomic E-state index is 13.8. The van der Waals surface area contributed by atoms with E-state index >= 15 is 0 Å². The van der Waals surface area contributed by atoms with Crippen molar-refractivity contribution in [2.75, 3.05) is 23.8 Å². The lowest BCUT2D eigenvalue weighted by Crippen LogP contribution is -2.45. The van der Waals surface area contributed by atoms with Crippen LogP contribution in [-0.2, 0) is 10.2 Å². The van der Waals surface area contributed by atoms with Gasteiger partial charge in [0, 0.05) is 47.4 Å². The zero-order valence-corrected chi connectivity index (χ0v) is 21.1. The Kier molecular flexibility index (Phi) is 5.44. The molecule has 7 rings (SSSR count). The highest BCUT2D eigenvalue weighted by atomic mass is 35.5. The van der Waals surface area contributed by atoms with Crippen LogP contribution < -0.4 is 21.6 Å². The van der Waals surface area contributed by atoms with Gasteiger partial charge in [-0.15, -0.1) is 5.53 Å². The van der Waals surface area contributed by atoms with Crippen molar-refractivity contribution in [3.8, 4) is 6.07 Å². The summed E-state index contributed by atoms with van der Waals surface area (Å²) in [6.45, 7) is 1.45. The van der Waals surface area contributed by atoms with Crippen molar-refractivity contribution in [3.05, 3.63) is 76.5 Å². The summed E-state index contributed by atoms with van der Waals surface area (Å²) in [6, 6.07) is 12.7. The largest absolute Gasteiger partial charge is 0.381 e. The molecule has 3 heterocycles. The summed E-state index contributed by atoms with van der Waals surface area (Å²) in [6.07, 6.45) is 5.68. The van der Waals surface area contributed by atoms with Crippen molar-refractivity contribution in [2.24, 2.45) is 11.8 Å². The average molecular weight is 528 g/mol. The fourth-order valence-electron chi connectivity index (χ4n) is 5.51. The van der Waals surface area contributed by atoms with Gasteiger partial charge in [0.1, 0.15) is 19.7 Å². The summed E-state index contributed by atoms with van der Waals surface area (Å²) >= 11 is 6.73. The highest BCUT2D eigenvalue weighted by Crippen LogP contribution is 2.47. The molecule has 2 aliphatic carbocycles. The van der Waals surface area contributed by atoms with E-state index in [1.807, 2.05) is 17.3 Å². The summed E-state index contributed by atoms with van der Waals surface area (Å²) in [5, 5.41) is 20.0. The number of fused-ring (bicyclic) bond motifs is 2. The lowest BCUT2D eigenvalue weighted by Gasteiger charge is -2.34. The Labute approximate surface area is 225 Å². The monoisotopic (exact) mass is 527 g/mol. The molecule has 1 saturated heterocycles. The maximum Gasteiger partial charge on any atom is 0.123 e. The van der Waals surface area contributed by atoms with Gasteiger partial charge in [-0.25, -0.2) is 4.39 Å². The second kappa shape index (κ2) is 8.77. The summed E-state index contributed by atoms with van der Waals surface area (Å²) in [5.41, 5.74) is 8.77. The van der Waals surface area contributed by atoms with Crippen LogP contribution >= 0.6 is 11.6 Å². The van der Waals surface area contributed by atoms with E-state index in [0.717, 1.165) is 31.4 Å². The van der Waals surface area contributed by atoms with E-state index in [9.17, 15) is 9.65 Å². The molecule has 2 radical (unpaired) electrons. The van der Waals surface area contributed by atoms with Crippen molar-refractivity contribution in [1.29, 1.82) is 5.26 Å². The fraction of sp³-hybridized carbons (Fsp3) is 0.333. The van der Waals surface area contributed by atoms with Crippen LogP contribution in [-0.4, -0.2) is 43.1 Å². The predicted octanol–water partition coefficient (Wildman–Crippen LogP) is 3.72. The zero-order valence-electron chi connectivity index (χ0n) is 20.3. The Morgan fingerprint density at radius 3 is 2.68 bits per heavy atom. The van der Waals surface area contributed by atoms with Crippen molar-refractivity contribution in [2.45, 2.75) is 30.4 Å². The van der Waals surface area contributed by atoms with E-state index in [2.05, 4.69) is 32.6 Å². The number of hydrogen-bond acceptors (Lipinski definition) is 8. The number of anilines is 2. The molecule has 3 fully saturated rings. The third-order valence-corrected chi connectivity index (χ3v) is 8.19. The molecule has 0 spiro atoms. The van der Waals surface area contributed by atoms with Crippen molar-refractivity contribution in [1.82, 2.24) is 21.0 Å². The normalized spacial score (nSPS) is 25.2. The molecule has 4 aliphatic rings. The van der Waals surface area contributed by atoms with Gasteiger partial charge in [0.25, 0.3) is 0 Å². The molecular formula is C27H24BClFN7O. The zero-order chi connectivity index (χ0) is 26.0. The van der Waals surface area contributed by atoms with Gasteiger partial charge in [-0.2, -0.15) is 5.26 Å². The van der Waals surface area contributed by atoms with Gasteiger partial charge in [0.15, 0.2) is 0 Å². The molecule has 4 atom stereocenters. The van der Waals surface area contributed by atoms with E-state index in [1.165, 1.54) is 12.1 Å². The number of hydrogen-bond donors (Lipinski definition) is 4. The summed E-state index contributed by atoms with van der Waals surface area (Å²) in [7, 11) is 7.06. The van der Waals surface area contributed by atoms with Crippen LogP contribution in [0.2, 0.25) is 5.02 Å². The minimum absolute atomic E-state index is 0.247. The number of rotatable bonds is 7. The van der Waals surface area contributed by atoms with Crippen LogP contribution in [0.4, 0.5) is 15.8 Å². The van der Waals surface area contributed by atoms with E-state index in [4.69, 9.17) is 24.2 Å². The van der Waals surface area contributed by atoms with Crippen LogP contribution in [0.15, 0.2) is 54.5 Å². The van der Waals surface area contributed by atoms with Crippen LogP contribution in [0.5, 0.6) is 0 Å². The van der Waals surface area contributed by atoms with Crippen molar-refractivity contribution < 1.29 is 9.13 Å². The molecule has 0 amide bonds. The first-order valence-corrected chi connectivity index (χ1v) is 13.0. The Balaban J connectivity index is 1.30. The first-order valence-electron chi connectivity index (χ1n) is 12.7. The van der Waals surface area contributed by atoms with Gasteiger partial charge in [-0.05, 0) is 42.7 Å². The molecule has 2 saturated carbocycles. The molecule has 0 bridgehead atoms. The Morgan fingerprint density at radius 1 is 1.21 bits per heavy atom. The van der Waals surface area contributed by atoms with Gasteiger partial charge in [0.2, 0.25) is 0 Å².